The molecule has 1 unspecified atom stereocenters. The summed E-state index contributed by atoms with van der Waals surface area (Å²) < 4.78 is 28.3. The van der Waals surface area contributed by atoms with Crippen LogP contribution in [0.2, 0.25) is 0 Å². The van der Waals surface area contributed by atoms with Crippen LogP contribution in [-0.4, -0.2) is 44.3 Å². The van der Waals surface area contributed by atoms with Crippen LogP contribution >= 0.6 is 0 Å². The molecular weight excluding hydrogens is 254 g/mol. The van der Waals surface area contributed by atoms with E-state index in [0.717, 1.165) is 0 Å². The van der Waals surface area contributed by atoms with Gasteiger partial charge in [0.2, 0.25) is 0 Å². The maximum Gasteiger partial charge on any atom is 0.152 e. The van der Waals surface area contributed by atoms with E-state index in [0.29, 0.717) is 17.9 Å². The van der Waals surface area contributed by atoms with Crippen LogP contribution in [0.15, 0.2) is 24.3 Å². The summed E-state index contributed by atoms with van der Waals surface area (Å²) in [5, 5.41) is 12.6. The molecule has 100 valence electrons. The Morgan fingerprint density at radius 3 is 2.72 bits per heavy atom. The van der Waals surface area contributed by atoms with Crippen LogP contribution in [0.1, 0.15) is 6.42 Å². The third-order valence-electron chi connectivity index (χ3n) is 3.20. The van der Waals surface area contributed by atoms with Crippen molar-refractivity contribution in [3.8, 4) is 5.75 Å². The summed E-state index contributed by atoms with van der Waals surface area (Å²) >= 11 is 0. The molecule has 18 heavy (non-hydrogen) atoms. The second-order valence-electron chi connectivity index (χ2n) is 4.61. The fraction of sp³-hybridized carbons (Fsp3) is 0.500. The molecule has 0 spiro atoms. The number of methoxy groups -OCH3 is 1. The molecule has 1 heterocycles. The van der Waals surface area contributed by atoms with Gasteiger partial charge in [0.1, 0.15) is 5.75 Å². The fourth-order valence-electron chi connectivity index (χ4n) is 2.21. The lowest BCUT2D eigenvalue weighted by Gasteiger charge is -2.28. The lowest BCUT2D eigenvalue weighted by Crippen LogP contribution is -2.43. The summed E-state index contributed by atoms with van der Waals surface area (Å²) in [5.41, 5.74) is -0.0980. The molecule has 0 radical (unpaired) electrons. The number of aliphatic hydroxyl groups excluding tert-OH is 1. The summed E-state index contributed by atoms with van der Waals surface area (Å²) in [5.74, 6) is 0.694. The van der Waals surface area contributed by atoms with Gasteiger partial charge in [-0.05, 0) is 18.6 Å². The van der Waals surface area contributed by atoms with Gasteiger partial charge in [-0.3, -0.25) is 0 Å². The highest BCUT2D eigenvalue weighted by molar-refractivity contribution is 7.91. The van der Waals surface area contributed by atoms with Gasteiger partial charge in [-0.1, -0.05) is 12.1 Å². The summed E-state index contributed by atoms with van der Waals surface area (Å²) in [6.45, 7) is -0.218. The highest BCUT2D eigenvalue weighted by Gasteiger charge is 2.42. The van der Waals surface area contributed by atoms with E-state index in [9.17, 15) is 13.5 Å². The highest BCUT2D eigenvalue weighted by atomic mass is 32.2. The number of para-hydroxylation sites is 2. The molecule has 0 aliphatic carbocycles. The second kappa shape index (κ2) is 4.78. The maximum absolute atomic E-state index is 11.6. The minimum atomic E-state index is -3.07. The standard InChI is InChI=1S/C12H17NO4S/c1-17-11-5-3-2-4-10(11)13-12(8-14)6-7-18(15,16)9-12/h2-5,13-14H,6-9H2,1H3. The summed E-state index contributed by atoms with van der Waals surface area (Å²) in [6, 6.07) is 7.26. The van der Waals surface area contributed by atoms with E-state index in [4.69, 9.17) is 4.74 Å². The molecule has 1 aliphatic heterocycles. The Morgan fingerprint density at radius 1 is 1.44 bits per heavy atom. The Morgan fingerprint density at radius 2 is 2.17 bits per heavy atom. The first-order chi connectivity index (χ1) is 8.50. The number of hydrogen-bond donors (Lipinski definition) is 2. The van der Waals surface area contributed by atoms with Crippen molar-refractivity contribution in [2.24, 2.45) is 0 Å². The van der Waals surface area contributed by atoms with Gasteiger partial charge in [-0.2, -0.15) is 0 Å². The first-order valence-electron chi connectivity index (χ1n) is 5.73. The normalized spacial score (nSPS) is 25.9. The molecular formula is C12H17NO4S. The number of anilines is 1. The van der Waals surface area contributed by atoms with Gasteiger partial charge in [0.05, 0.1) is 36.4 Å². The van der Waals surface area contributed by atoms with E-state index in [2.05, 4.69) is 5.32 Å². The molecule has 1 aromatic carbocycles. The van der Waals surface area contributed by atoms with E-state index in [1.54, 1.807) is 19.2 Å². The molecule has 6 heteroatoms. The van der Waals surface area contributed by atoms with Crippen LogP contribution in [0.5, 0.6) is 5.75 Å². The van der Waals surface area contributed by atoms with E-state index in [-0.39, 0.29) is 18.1 Å². The Kier molecular flexibility index (Phi) is 3.49. The molecule has 1 atom stereocenters. The van der Waals surface area contributed by atoms with Crippen molar-refractivity contribution in [1.82, 2.24) is 0 Å². The molecule has 0 amide bonds. The van der Waals surface area contributed by atoms with Gasteiger partial charge in [0, 0.05) is 0 Å². The number of ether oxygens (including phenoxy) is 1. The van der Waals surface area contributed by atoms with Gasteiger partial charge >= 0.3 is 0 Å². The lowest BCUT2D eigenvalue weighted by molar-refractivity contribution is 0.225. The minimum Gasteiger partial charge on any atom is -0.495 e. The molecule has 1 aliphatic rings. The van der Waals surface area contributed by atoms with E-state index < -0.39 is 15.4 Å². The number of hydrogen-bond acceptors (Lipinski definition) is 5. The maximum atomic E-state index is 11.6. The second-order valence-corrected chi connectivity index (χ2v) is 6.79. The van der Waals surface area contributed by atoms with E-state index in [1.165, 1.54) is 0 Å². The topological polar surface area (TPSA) is 75.6 Å². The predicted molar refractivity (Wildman–Crippen MR) is 69.7 cm³/mol. The van der Waals surface area contributed by atoms with Crippen LogP contribution in [-0.2, 0) is 9.84 Å². The molecule has 5 nitrogen and oxygen atoms in total. The van der Waals surface area contributed by atoms with Gasteiger partial charge < -0.3 is 15.2 Å². The predicted octanol–water partition coefficient (Wildman–Crippen LogP) is 0.657. The number of nitrogens with one attached hydrogen (secondary N) is 1. The van der Waals surface area contributed by atoms with Crippen molar-refractivity contribution >= 4 is 15.5 Å². The first-order valence-corrected chi connectivity index (χ1v) is 7.55. The average molecular weight is 271 g/mol. The highest BCUT2D eigenvalue weighted by Crippen LogP contribution is 2.32. The van der Waals surface area contributed by atoms with Crippen molar-refractivity contribution in [2.45, 2.75) is 12.0 Å². The fourth-order valence-corrected chi connectivity index (χ4v) is 4.21. The van der Waals surface area contributed by atoms with Crippen LogP contribution in [0.3, 0.4) is 0 Å². The zero-order valence-electron chi connectivity index (χ0n) is 10.2. The lowest BCUT2D eigenvalue weighted by atomic mass is 9.99. The molecule has 0 bridgehead atoms. The van der Waals surface area contributed by atoms with Crippen LogP contribution in [0, 0.1) is 0 Å². The smallest absolute Gasteiger partial charge is 0.152 e. The third-order valence-corrected chi connectivity index (χ3v) is 5.02. The summed E-state index contributed by atoms with van der Waals surface area (Å²) in [6.07, 6.45) is 0.407. The number of aliphatic hydroxyl groups is 1. The number of benzene rings is 1. The molecule has 0 saturated carbocycles. The molecule has 1 saturated heterocycles. The number of sulfone groups is 1. The quantitative estimate of drug-likeness (QED) is 0.841. The van der Waals surface area contributed by atoms with E-state index in [1.807, 2.05) is 12.1 Å². The van der Waals surface area contributed by atoms with Crippen LogP contribution in [0.25, 0.3) is 0 Å². The Balaban J connectivity index is 2.26. The number of rotatable bonds is 4. The largest absolute Gasteiger partial charge is 0.495 e. The van der Waals surface area contributed by atoms with Crippen molar-refractivity contribution in [1.29, 1.82) is 0 Å². The van der Waals surface area contributed by atoms with Crippen molar-refractivity contribution in [3.05, 3.63) is 24.3 Å². The summed E-state index contributed by atoms with van der Waals surface area (Å²) in [4.78, 5) is 0. The van der Waals surface area contributed by atoms with Gasteiger partial charge in [0.15, 0.2) is 9.84 Å². The SMILES string of the molecule is COc1ccccc1NC1(CO)CCS(=O)(=O)C1. The van der Waals surface area contributed by atoms with Crippen molar-refractivity contribution in [3.63, 3.8) is 0 Å². The minimum absolute atomic E-state index is 0.0471. The van der Waals surface area contributed by atoms with E-state index >= 15 is 0 Å². The first kappa shape index (κ1) is 13.2. The van der Waals surface area contributed by atoms with Crippen LogP contribution in [0.4, 0.5) is 5.69 Å². The Hall–Kier alpha value is -1.27. The monoisotopic (exact) mass is 271 g/mol. The Bertz CT molecular complexity index is 529. The van der Waals surface area contributed by atoms with Gasteiger partial charge in [-0.15, -0.1) is 0 Å². The summed E-state index contributed by atoms with van der Waals surface area (Å²) in [7, 11) is -1.52. The third kappa shape index (κ3) is 2.59. The average Bonchev–Trinajstić information content (AvgIpc) is 2.66. The Labute approximate surface area is 107 Å². The van der Waals surface area contributed by atoms with Gasteiger partial charge in [0.25, 0.3) is 0 Å². The molecule has 1 aromatic rings. The molecule has 2 rings (SSSR count). The molecule has 2 N–H and O–H groups in total. The zero-order chi connectivity index (χ0) is 13.2. The van der Waals surface area contributed by atoms with Crippen molar-refractivity contribution in [2.75, 3.05) is 30.5 Å². The van der Waals surface area contributed by atoms with Crippen LogP contribution < -0.4 is 10.1 Å². The molecule has 0 aromatic heterocycles. The zero-order valence-corrected chi connectivity index (χ0v) is 11.0. The van der Waals surface area contributed by atoms with Crippen molar-refractivity contribution < 1.29 is 18.3 Å². The van der Waals surface area contributed by atoms with Gasteiger partial charge in [-0.25, -0.2) is 8.42 Å². The molecule has 1 fully saturated rings.